The number of hydrogen-bond donors (Lipinski definition) is 2. The Labute approximate surface area is 184 Å². The van der Waals surface area contributed by atoms with Gasteiger partial charge in [0, 0.05) is 46.0 Å². The number of aryl methyl sites for hydroxylation is 1. The molecule has 2 heterocycles. The number of nitrogens with one attached hydrogen (secondary N) is 2. The van der Waals surface area contributed by atoms with Crippen molar-refractivity contribution in [2.75, 3.05) is 5.32 Å². The molecule has 0 unspecified atom stereocenters. The first-order valence-corrected chi connectivity index (χ1v) is 10.8. The van der Waals surface area contributed by atoms with Crippen molar-refractivity contribution in [3.63, 3.8) is 0 Å². The second-order valence-corrected chi connectivity index (χ2v) is 8.48. The summed E-state index contributed by atoms with van der Waals surface area (Å²) in [4.78, 5) is 34.4. The van der Waals surface area contributed by atoms with Gasteiger partial charge in [0.25, 0.3) is 0 Å². The van der Waals surface area contributed by atoms with Crippen molar-refractivity contribution < 1.29 is 9.59 Å². The summed E-state index contributed by atoms with van der Waals surface area (Å²) >= 11 is 0. The minimum atomic E-state index is -0.859. The lowest BCUT2D eigenvalue weighted by Gasteiger charge is -2.24. The second kappa shape index (κ2) is 7.02. The molecule has 1 aromatic heterocycles. The van der Waals surface area contributed by atoms with Crippen LogP contribution in [0.1, 0.15) is 44.2 Å². The molecule has 0 saturated carbocycles. The van der Waals surface area contributed by atoms with Gasteiger partial charge in [-0.15, -0.1) is 0 Å². The van der Waals surface area contributed by atoms with Crippen molar-refractivity contribution in [3.8, 4) is 0 Å². The maximum absolute atomic E-state index is 13.3. The molecule has 3 aliphatic rings. The first-order chi connectivity index (χ1) is 15.6. The molecular formula is C27H21N3O2. The summed E-state index contributed by atoms with van der Waals surface area (Å²) in [6.45, 7) is 1.96. The summed E-state index contributed by atoms with van der Waals surface area (Å²) in [6, 6.07) is 11.2. The SMILES string of the molecule is Cc1cnc(CC2=C(C3C(=O)c4ccccc4C3=O)Nc3ccc4c(c3=C2)=CCC=C4)[nH]1. The fraction of sp³-hybridized carbons (Fsp3) is 0.148. The van der Waals surface area contributed by atoms with Crippen molar-refractivity contribution >= 4 is 35.5 Å². The molecule has 0 radical (unpaired) electrons. The van der Waals surface area contributed by atoms with Gasteiger partial charge >= 0.3 is 0 Å². The number of ketones is 2. The van der Waals surface area contributed by atoms with Crippen LogP contribution in [-0.2, 0) is 6.42 Å². The van der Waals surface area contributed by atoms with Crippen LogP contribution in [0.5, 0.6) is 0 Å². The average Bonchev–Trinajstić information content (AvgIpc) is 3.34. The molecule has 0 bridgehead atoms. The Hall–Kier alpha value is -3.99. The second-order valence-electron chi connectivity index (χ2n) is 8.48. The zero-order chi connectivity index (χ0) is 21.8. The molecule has 32 heavy (non-hydrogen) atoms. The van der Waals surface area contributed by atoms with Crippen molar-refractivity contribution in [1.29, 1.82) is 0 Å². The first-order valence-electron chi connectivity index (χ1n) is 10.8. The third kappa shape index (κ3) is 2.82. The van der Waals surface area contributed by atoms with Gasteiger partial charge in [0.15, 0.2) is 11.6 Å². The molecule has 3 aromatic rings. The zero-order valence-corrected chi connectivity index (χ0v) is 17.6. The number of allylic oxidation sites excluding steroid dienone is 3. The van der Waals surface area contributed by atoms with Crippen LogP contribution in [0.25, 0.3) is 18.2 Å². The maximum atomic E-state index is 13.3. The smallest absolute Gasteiger partial charge is 0.180 e. The fourth-order valence-electron chi connectivity index (χ4n) is 4.90. The highest BCUT2D eigenvalue weighted by atomic mass is 16.2. The number of hydrogen-bond acceptors (Lipinski definition) is 4. The van der Waals surface area contributed by atoms with Gasteiger partial charge in [0.2, 0.25) is 0 Å². The predicted octanol–water partition coefficient (Wildman–Crippen LogP) is 3.31. The predicted molar refractivity (Wildman–Crippen MR) is 125 cm³/mol. The maximum Gasteiger partial charge on any atom is 0.180 e. The average molecular weight is 419 g/mol. The lowest BCUT2D eigenvalue weighted by Crippen LogP contribution is -2.36. The normalized spacial score (nSPS) is 16.8. The van der Waals surface area contributed by atoms with Crippen LogP contribution in [0.3, 0.4) is 0 Å². The van der Waals surface area contributed by atoms with E-state index < -0.39 is 5.92 Å². The number of carbonyl (C=O) groups is 2. The minimum Gasteiger partial charge on any atom is -0.357 e. The van der Waals surface area contributed by atoms with E-state index in [1.807, 2.05) is 13.0 Å². The molecule has 2 N–H and O–H groups in total. The van der Waals surface area contributed by atoms with Crippen molar-refractivity contribution in [2.45, 2.75) is 19.8 Å². The van der Waals surface area contributed by atoms with Gasteiger partial charge in [-0.05, 0) is 41.8 Å². The van der Waals surface area contributed by atoms with Gasteiger partial charge in [0.05, 0.1) is 0 Å². The molecule has 1 aliphatic heterocycles. The van der Waals surface area contributed by atoms with Gasteiger partial charge in [-0.3, -0.25) is 9.59 Å². The number of carbonyl (C=O) groups excluding carboxylic acids is 2. The van der Waals surface area contributed by atoms with Gasteiger partial charge in [-0.25, -0.2) is 4.98 Å². The number of Topliss-reactive ketones (excluding diaryl/α,β-unsaturated/α-hetero) is 2. The number of aromatic amines is 1. The molecule has 156 valence electrons. The molecule has 5 heteroatoms. The van der Waals surface area contributed by atoms with E-state index in [4.69, 9.17) is 0 Å². The standard InChI is InChI=1S/C27H21N3O2/c1-15-14-28-23(29-15)13-17-12-21-18-7-3-2-6-16(18)10-11-22(21)30-25(17)24-26(31)19-8-4-5-9-20(19)27(24)32/h2,4-12,14,24,30H,3,13H2,1H3,(H,28,29). The van der Waals surface area contributed by atoms with E-state index in [9.17, 15) is 9.59 Å². The van der Waals surface area contributed by atoms with Gasteiger partial charge in [-0.1, -0.05) is 48.6 Å². The number of nitrogens with zero attached hydrogens (tertiary/aromatic N) is 1. The Bertz CT molecular complexity index is 1470. The summed E-state index contributed by atoms with van der Waals surface area (Å²) in [5.41, 5.74) is 5.63. The number of rotatable bonds is 3. The lowest BCUT2D eigenvalue weighted by atomic mass is 9.90. The molecule has 6 rings (SSSR count). The van der Waals surface area contributed by atoms with Crippen molar-refractivity contribution in [3.05, 3.63) is 98.6 Å². The van der Waals surface area contributed by atoms with Crippen LogP contribution in [0.2, 0.25) is 0 Å². The molecule has 5 nitrogen and oxygen atoms in total. The molecule has 0 amide bonds. The number of aromatic nitrogens is 2. The van der Waals surface area contributed by atoms with Crippen LogP contribution < -0.4 is 15.8 Å². The fourth-order valence-corrected chi connectivity index (χ4v) is 4.90. The lowest BCUT2D eigenvalue weighted by molar-refractivity contribution is 0.0864. The highest BCUT2D eigenvalue weighted by Gasteiger charge is 2.42. The molecule has 0 saturated heterocycles. The number of H-pyrrole nitrogens is 1. The highest BCUT2D eigenvalue weighted by molar-refractivity contribution is 6.28. The Balaban J connectivity index is 1.55. The van der Waals surface area contributed by atoms with Gasteiger partial charge in [0.1, 0.15) is 11.7 Å². The monoisotopic (exact) mass is 419 g/mol. The summed E-state index contributed by atoms with van der Waals surface area (Å²) in [5.74, 6) is -0.348. The van der Waals surface area contributed by atoms with E-state index in [-0.39, 0.29) is 11.6 Å². The Kier molecular flexibility index (Phi) is 4.12. The first kappa shape index (κ1) is 18.8. The largest absolute Gasteiger partial charge is 0.357 e. The topological polar surface area (TPSA) is 74.8 Å². The summed E-state index contributed by atoms with van der Waals surface area (Å²) in [5, 5.41) is 5.75. The number of benzene rings is 2. The summed E-state index contributed by atoms with van der Waals surface area (Å²) in [6.07, 6.45) is 11.8. The number of imidazole rings is 1. The van der Waals surface area contributed by atoms with Crippen molar-refractivity contribution in [2.24, 2.45) is 5.92 Å². The zero-order valence-electron chi connectivity index (χ0n) is 17.6. The third-order valence-corrected chi connectivity index (χ3v) is 6.39. The molecule has 2 aromatic carbocycles. The molecule has 0 spiro atoms. The van der Waals surface area contributed by atoms with E-state index in [0.29, 0.717) is 23.2 Å². The van der Waals surface area contributed by atoms with E-state index >= 15 is 0 Å². The summed E-state index contributed by atoms with van der Waals surface area (Å²) in [7, 11) is 0. The molecule has 0 atom stereocenters. The van der Waals surface area contributed by atoms with E-state index in [1.165, 1.54) is 10.8 Å². The van der Waals surface area contributed by atoms with E-state index in [1.54, 1.807) is 30.5 Å². The Morgan fingerprint density at radius 1 is 1.03 bits per heavy atom. The van der Waals surface area contributed by atoms with Crippen LogP contribution in [0.4, 0.5) is 5.69 Å². The van der Waals surface area contributed by atoms with Gasteiger partial charge in [-0.2, -0.15) is 0 Å². The third-order valence-electron chi connectivity index (χ3n) is 6.39. The van der Waals surface area contributed by atoms with Crippen LogP contribution >= 0.6 is 0 Å². The van der Waals surface area contributed by atoms with E-state index in [2.05, 4.69) is 45.7 Å². The van der Waals surface area contributed by atoms with Crippen LogP contribution in [0.15, 0.2) is 59.9 Å². The molecule has 2 aliphatic carbocycles. The molecular weight excluding hydrogens is 398 g/mol. The van der Waals surface area contributed by atoms with Gasteiger partial charge < -0.3 is 10.3 Å². The Morgan fingerprint density at radius 2 is 1.81 bits per heavy atom. The summed E-state index contributed by atoms with van der Waals surface area (Å²) < 4.78 is 0. The molecule has 0 fully saturated rings. The highest BCUT2D eigenvalue weighted by Crippen LogP contribution is 2.35. The number of anilines is 1. The van der Waals surface area contributed by atoms with Crippen LogP contribution in [-0.4, -0.2) is 21.5 Å². The van der Waals surface area contributed by atoms with E-state index in [0.717, 1.165) is 34.4 Å². The van der Waals surface area contributed by atoms with Crippen molar-refractivity contribution in [1.82, 2.24) is 9.97 Å². The minimum absolute atomic E-state index is 0.148. The van der Waals surface area contributed by atoms with Crippen LogP contribution in [0, 0.1) is 12.8 Å². The quantitative estimate of drug-likeness (QED) is 0.639. The number of fused-ring (bicyclic) bond motifs is 4. The Morgan fingerprint density at radius 3 is 2.53 bits per heavy atom.